The maximum atomic E-state index is 4.54. The van der Waals surface area contributed by atoms with Crippen LogP contribution in [-0.2, 0) is 0 Å². The van der Waals surface area contributed by atoms with Crippen molar-refractivity contribution in [2.75, 3.05) is 24.5 Å². The van der Waals surface area contributed by atoms with Crippen LogP contribution >= 0.6 is 15.9 Å². The van der Waals surface area contributed by atoms with Gasteiger partial charge >= 0.3 is 0 Å². The molecule has 1 aromatic rings. The molecule has 3 heterocycles. The fraction of sp³-hybridized carbons (Fsp3) is 0.615. The molecule has 17 heavy (non-hydrogen) atoms. The summed E-state index contributed by atoms with van der Waals surface area (Å²) in [5.74, 6) is 2.59. The Labute approximate surface area is 111 Å². The van der Waals surface area contributed by atoms with Gasteiger partial charge in [0.2, 0.25) is 0 Å². The first-order chi connectivity index (χ1) is 8.10. The zero-order valence-corrected chi connectivity index (χ0v) is 11.9. The lowest BCUT2D eigenvalue weighted by Crippen LogP contribution is -2.45. The second-order valence-corrected chi connectivity index (χ2v) is 6.45. The number of aromatic nitrogens is 1. The van der Waals surface area contributed by atoms with E-state index in [0.717, 1.165) is 41.8 Å². The molecule has 92 valence electrons. The van der Waals surface area contributed by atoms with Crippen molar-refractivity contribution in [3.8, 4) is 0 Å². The molecule has 2 saturated heterocycles. The van der Waals surface area contributed by atoms with Crippen LogP contribution in [0.1, 0.15) is 13.8 Å². The van der Waals surface area contributed by atoms with Gasteiger partial charge in [-0.2, -0.15) is 0 Å². The lowest BCUT2D eigenvalue weighted by atomic mass is 9.85. The van der Waals surface area contributed by atoms with Crippen molar-refractivity contribution < 1.29 is 0 Å². The minimum atomic E-state index is 0.186. The average Bonchev–Trinajstić information content (AvgIpc) is 2.83. The van der Waals surface area contributed by atoms with Crippen molar-refractivity contribution in [1.29, 1.82) is 0 Å². The lowest BCUT2D eigenvalue weighted by Gasteiger charge is -2.36. The fourth-order valence-corrected chi connectivity index (χ4v) is 3.83. The third-order valence-corrected chi connectivity index (χ3v) is 4.97. The number of fused-ring (bicyclic) bond motifs is 1. The monoisotopic (exact) mass is 295 g/mol. The summed E-state index contributed by atoms with van der Waals surface area (Å²) in [6.45, 7) is 8.07. The van der Waals surface area contributed by atoms with Crippen molar-refractivity contribution in [3.05, 3.63) is 22.8 Å². The molecule has 0 bridgehead atoms. The largest absolute Gasteiger partial charge is 0.350 e. The van der Waals surface area contributed by atoms with E-state index in [2.05, 4.69) is 51.0 Å². The van der Waals surface area contributed by atoms with E-state index >= 15 is 0 Å². The number of hydrogen-bond donors (Lipinski definition) is 1. The predicted octanol–water partition coefficient (Wildman–Crippen LogP) is 2.28. The molecule has 2 unspecified atom stereocenters. The smallest absolute Gasteiger partial charge is 0.143 e. The van der Waals surface area contributed by atoms with Crippen molar-refractivity contribution >= 4 is 21.7 Å². The molecule has 1 N–H and O–H groups in total. The Bertz CT molecular complexity index is 432. The summed E-state index contributed by atoms with van der Waals surface area (Å²) in [6, 6.07) is 4.05. The summed E-state index contributed by atoms with van der Waals surface area (Å²) < 4.78 is 1.10. The van der Waals surface area contributed by atoms with Crippen molar-refractivity contribution in [3.63, 3.8) is 0 Å². The molecular weight excluding hydrogens is 278 g/mol. The molecule has 1 aromatic heterocycles. The molecule has 2 fully saturated rings. The molecule has 0 spiro atoms. The van der Waals surface area contributed by atoms with Gasteiger partial charge < -0.3 is 10.2 Å². The Morgan fingerprint density at radius 1 is 1.47 bits per heavy atom. The van der Waals surface area contributed by atoms with Gasteiger partial charge in [-0.05, 0) is 53.7 Å². The maximum Gasteiger partial charge on any atom is 0.143 e. The highest BCUT2D eigenvalue weighted by Gasteiger charge is 2.50. The number of halogens is 1. The van der Waals surface area contributed by atoms with Crippen LogP contribution in [0.5, 0.6) is 0 Å². The Kier molecular flexibility index (Phi) is 2.67. The van der Waals surface area contributed by atoms with Crippen molar-refractivity contribution in [2.45, 2.75) is 19.4 Å². The highest BCUT2D eigenvalue weighted by atomic mass is 79.9. The summed E-state index contributed by atoms with van der Waals surface area (Å²) in [5.41, 5.74) is 0.186. The average molecular weight is 296 g/mol. The molecular formula is C13H18BrN3. The van der Waals surface area contributed by atoms with E-state index in [0.29, 0.717) is 0 Å². The second kappa shape index (κ2) is 3.95. The molecule has 0 saturated carbocycles. The minimum absolute atomic E-state index is 0.186. The van der Waals surface area contributed by atoms with Crippen LogP contribution in [0.2, 0.25) is 0 Å². The molecule has 4 heteroatoms. The van der Waals surface area contributed by atoms with E-state index in [1.54, 1.807) is 0 Å². The van der Waals surface area contributed by atoms with Crippen molar-refractivity contribution in [2.24, 2.45) is 11.8 Å². The van der Waals surface area contributed by atoms with Crippen LogP contribution in [0.4, 0.5) is 5.82 Å². The molecule has 3 rings (SSSR count). The number of anilines is 1. The summed E-state index contributed by atoms with van der Waals surface area (Å²) >= 11 is 3.62. The summed E-state index contributed by atoms with van der Waals surface area (Å²) in [4.78, 5) is 7.01. The zero-order chi connectivity index (χ0) is 12.0. The van der Waals surface area contributed by atoms with Gasteiger partial charge in [0.05, 0.1) is 4.47 Å². The second-order valence-electron chi connectivity index (χ2n) is 5.60. The van der Waals surface area contributed by atoms with Crippen LogP contribution in [0, 0.1) is 11.8 Å². The topological polar surface area (TPSA) is 28.2 Å². The highest BCUT2D eigenvalue weighted by molar-refractivity contribution is 9.10. The Balaban J connectivity index is 1.97. The number of pyridine rings is 1. The highest BCUT2D eigenvalue weighted by Crippen LogP contribution is 2.44. The Morgan fingerprint density at radius 2 is 2.29 bits per heavy atom. The molecule has 0 aliphatic carbocycles. The molecule has 0 amide bonds. The van der Waals surface area contributed by atoms with E-state index in [9.17, 15) is 0 Å². The first kappa shape index (κ1) is 11.5. The normalized spacial score (nSPS) is 30.6. The molecule has 3 nitrogen and oxygen atoms in total. The van der Waals surface area contributed by atoms with Crippen LogP contribution in [0.25, 0.3) is 0 Å². The van der Waals surface area contributed by atoms with E-state index in [4.69, 9.17) is 0 Å². The first-order valence-electron chi connectivity index (χ1n) is 6.19. The van der Waals surface area contributed by atoms with Gasteiger partial charge in [0.15, 0.2) is 0 Å². The van der Waals surface area contributed by atoms with Gasteiger partial charge in [-0.1, -0.05) is 0 Å². The van der Waals surface area contributed by atoms with Crippen LogP contribution in [0.15, 0.2) is 22.8 Å². The van der Waals surface area contributed by atoms with Gasteiger partial charge in [-0.15, -0.1) is 0 Å². The van der Waals surface area contributed by atoms with E-state index in [1.165, 1.54) is 0 Å². The maximum absolute atomic E-state index is 4.54. The quantitative estimate of drug-likeness (QED) is 0.862. The number of hydrogen-bond acceptors (Lipinski definition) is 3. The molecule has 2 aliphatic rings. The minimum Gasteiger partial charge on any atom is -0.350 e. The van der Waals surface area contributed by atoms with Gasteiger partial charge in [0.25, 0.3) is 0 Å². The van der Waals surface area contributed by atoms with Crippen molar-refractivity contribution in [1.82, 2.24) is 10.3 Å². The van der Waals surface area contributed by atoms with Gasteiger partial charge in [0, 0.05) is 31.4 Å². The van der Waals surface area contributed by atoms with Gasteiger partial charge in [-0.3, -0.25) is 0 Å². The van der Waals surface area contributed by atoms with E-state index in [1.807, 2.05) is 12.3 Å². The third kappa shape index (κ3) is 1.69. The van der Waals surface area contributed by atoms with Crippen LogP contribution in [0.3, 0.4) is 0 Å². The number of nitrogens with one attached hydrogen (secondary N) is 1. The fourth-order valence-electron chi connectivity index (χ4n) is 3.36. The number of nitrogens with zero attached hydrogens (tertiary/aromatic N) is 2. The molecule has 0 aromatic carbocycles. The van der Waals surface area contributed by atoms with Gasteiger partial charge in [0.1, 0.15) is 5.82 Å². The summed E-state index contributed by atoms with van der Waals surface area (Å²) in [7, 11) is 0. The zero-order valence-electron chi connectivity index (χ0n) is 10.3. The molecule has 2 aliphatic heterocycles. The van der Waals surface area contributed by atoms with E-state index in [-0.39, 0.29) is 5.54 Å². The Morgan fingerprint density at radius 3 is 3.00 bits per heavy atom. The lowest BCUT2D eigenvalue weighted by molar-refractivity contribution is 0.356. The third-order valence-electron chi connectivity index (χ3n) is 4.35. The van der Waals surface area contributed by atoms with Crippen LogP contribution in [-0.4, -0.2) is 30.2 Å². The standard InChI is InChI=1S/C13H18BrN3/c1-13(2)10-7-15-6-9(10)8-17(13)12-11(14)4-3-5-16-12/h3-5,9-10,15H,6-8H2,1-2H3. The predicted molar refractivity (Wildman–Crippen MR) is 73.2 cm³/mol. The van der Waals surface area contributed by atoms with E-state index < -0.39 is 0 Å². The molecule has 2 atom stereocenters. The van der Waals surface area contributed by atoms with Gasteiger partial charge in [-0.25, -0.2) is 4.98 Å². The first-order valence-corrected chi connectivity index (χ1v) is 6.99. The SMILES string of the molecule is CC1(C)C2CNCC2CN1c1ncccc1Br. The Hall–Kier alpha value is -0.610. The molecule has 0 radical (unpaired) electrons. The summed E-state index contributed by atoms with van der Waals surface area (Å²) in [6.07, 6.45) is 1.88. The van der Waals surface area contributed by atoms with Crippen LogP contribution < -0.4 is 10.2 Å². The number of rotatable bonds is 1. The summed E-state index contributed by atoms with van der Waals surface area (Å²) in [5, 5.41) is 3.51.